The molecular formula is C14H9F3OS. The second kappa shape index (κ2) is 5.40. The second-order valence-electron chi connectivity index (χ2n) is 3.76. The number of allylic oxidation sites excluding steroid dienone is 2. The van der Waals surface area contributed by atoms with Gasteiger partial charge in [0.25, 0.3) is 0 Å². The molecule has 0 saturated heterocycles. The number of hydrogen-bond acceptors (Lipinski definition) is 2. The molecule has 2 rings (SSSR count). The van der Waals surface area contributed by atoms with Crippen molar-refractivity contribution >= 4 is 22.7 Å². The van der Waals surface area contributed by atoms with Crippen LogP contribution in [-0.4, -0.2) is 12.0 Å². The Morgan fingerprint density at radius 1 is 1.05 bits per heavy atom. The average Bonchev–Trinajstić information content (AvgIpc) is 2.88. The minimum Gasteiger partial charge on any atom is -0.289 e. The summed E-state index contributed by atoms with van der Waals surface area (Å²) in [5.41, 5.74) is -0.669. The fourth-order valence-corrected chi connectivity index (χ4v) is 2.30. The molecule has 0 amide bonds. The Morgan fingerprint density at radius 2 is 1.74 bits per heavy atom. The molecular weight excluding hydrogens is 273 g/mol. The van der Waals surface area contributed by atoms with Gasteiger partial charge in [0.15, 0.2) is 5.78 Å². The molecule has 0 aliphatic carbocycles. The Balaban J connectivity index is 2.40. The van der Waals surface area contributed by atoms with E-state index < -0.39 is 17.5 Å². The number of benzene rings is 1. The first-order valence-electron chi connectivity index (χ1n) is 5.40. The molecule has 0 saturated carbocycles. The van der Waals surface area contributed by atoms with E-state index in [0.717, 1.165) is 11.3 Å². The number of carbonyl (C=O) groups excluding carboxylic acids is 1. The van der Waals surface area contributed by atoms with Gasteiger partial charge in [0.05, 0.1) is 5.57 Å². The predicted molar refractivity (Wildman–Crippen MR) is 69.1 cm³/mol. The van der Waals surface area contributed by atoms with Crippen molar-refractivity contribution in [2.45, 2.75) is 6.18 Å². The number of thiophene rings is 1. The van der Waals surface area contributed by atoms with Crippen LogP contribution in [0.4, 0.5) is 13.2 Å². The highest BCUT2D eigenvalue weighted by atomic mass is 32.1. The summed E-state index contributed by atoms with van der Waals surface area (Å²) in [6.45, 7) is 0. The van der Waals surface area contributed by atoms with Gasteiger partial charge >= 0.3 is 6.18 Å². The molecule has 0 unspecified atom stereocenters. The third kappa shape index (κ3) is 3.32. The lowest BCUT2D eigenvalue weighted by molar-refractivity contribution is -0.0687. The van der Waals surface area contributed by atoms with Gasteiger partial charge in [-0.15, -0.1) is 11.3 Å². The van der Waals surface area contributed by atoms with Gasteiger partial charge in [-0.3, -0.25) is 4.79 Å². The van der Waals surface area contributed by atoms with Gasteiger partial charge in [-0.05, 0) is 17.5 Å². The summed E-state index contributed by atoms with van der Waals surface area (Å²) in [5, 5.41) is 1.54. The summed E-state index contributed by atoms with van der Waals surface area (Å²) in [6, 6.07) is 10.8. The Morgan fingerprint density at radius 3 is 2.26 bits per heavy atom. The second-order valence-corrected chi connectivity index (χ2v) is 4.71. The standard InChI is InChI=1S/C14H9F3OS/c15-14(16,17)11(13-7-4-8-19-13)9-12(18)10-5-2-1-3-6-10/h1-9H/b11-9-. The molecule has 0 atom stereocenters. The van der Waals surface area contributed by atoms with Crippen molar-refractivity contribution in [1.82, 2.24) is 0 Å². The van der Waals surface area contributed by atoms with E-state index >= 15 is 0 Å². The van der Waals surface area contributed by atoms with Crippen molar-refractivity contribution < 1.29 is 18.0 Å². The van der Waals surface area contributed by atoms with E-state index in [1.54, 1.807) is 23.6 Å². The van der Waals surface area contributed by atoms with Gasteiger partial charge in [-0.25, -0.2) is 0 Å². The molecule has 2 aromatic rings. The molecule has 19 heavy (non-hydrogen) atoms. The van der Waals surface area contributed by atoms with Gasteiger partial charge in [0, 0.05) is 10.4 Å². The Labute approximate surface area is 112 Å². The molecule has 0 bridgehead atoms. The summed E-state index contributed by atoms with van der Waals surface area (Å²) in [5.74, 6) is -0.652. The largest absolute Gasteiger partial charge is 0.417 e. The lowest BCUT2D eigenvalue weighted by Crippen LogP contribution is -2.11. The first-order valence-corrected chi connectivity index (χ1v) is 6.28. The van der Waals surface area contributed by atoms with Gasteiger partial charge in [0.2, 0.25) is 0 Å². The highest BCUT2D eigenvalue weighted by Crippen LogP contribution is 2.36. The zero-order valence-corrected chi connectivity index (χ0v) is 10.5. The van der Waals surface area contributed by atoms with E-state index in [2.05, 4.69) is 0 Å². The maximum absolute atomic E-state index is 12.9. The summed E-state index contributed by atoms with van der Waals surface area (Å²) in [4.78, 5) is 11.9. The lowest BCUT2D eigenvalue weighted by Gasteiger charge is -2.09. The van der Waals surface area contributed by atoms with E-state index in [0.29, 0.717) is 6.08 Å². The third-order valence-electron chi connectivity index (χ3n) is 2.43. The molecule has 1 aromatic carbocycles. The highest BCUT2D eigenvalue weighted by Gasteiger charge is 2.35. The van der Waals surface area contributed by atoms with Crippen LogP contribution in [-0.2, 0) is 0 Å². The third-order valence-corrected chi connectivity index (χ3v) is 3.33. The maximum atomic E-state index is 12.9. The Bertz CT molecular complexity index is 583. The summed E-state index contributed by atoms with van der Waals surface area (Å²) >= 11 is 0.955. The highest BCUT2D eigenvalue weighted by molar-refractivity contribution is 7.11. The Kier molecular flexibility index (Phi) is 3.85. The van der Waals surface area contributed by atoms with Crippen LogP contribution in [0.1, 0.15) is 15.2 Å². The van der Waals surface area contributed by atoms with Crippen molar-refractivity contribution in [2.75, 3.05) is 0 Å². The molecule has 0 spiro atoms. The summed E-state index contributed by atoms with van der Waals surface area (Å²) in [6.07, 6.45) is -3.89. The van der Waals surface area contributed by atoms with Crippen LogP contribution in [0.5, 0.6) is 0 Å². The Hall–Kier alpha value is -1.88. The van der Waals surface area contributed by atoms with Crippen LogP contribution in [0.25, 0.3) is 5.57 Å². The molecule has 0 radical (unpaired) electrons. The average molecular weight is 282 g/mol. The van der Waals surface area contributed by atoms with Crippen molar-refractivity contribution in [3.8, 4) is 0 Å². The number of rotatable bonds is 3. The van der Waals surface area contributed by atoms with Gasteiger partial charge in [-0.2, -0.15) is 13.2 Å². The van der Waals surface area contributed by atoms with Crippen LogP contribution in [0.3, 0.4) is 0 Å². The van der Waals surface area contributed by atoms with E-state index in [-0.39, 0.29) is 10.4 Å². The first-order chi connectivity index (χ1) is 8.98. The van der Waals surface area contributed by atoms with Crippen LogP contribution in [0.2, 0.25) is 0 Å². The van der Waals surface area contributed by atoms with Gasteiger partial charge in [0.1, 0.15) is 0 Å². The van der Waals surface area contributed by atoms with E-state index in [9.17, 15) is 18.0 Å². The van der Waals surface area contributed by atoms with E-state index in [1.807, 2.05) is 0 Å². The number of ketones is 1. The molecule has 1 nitrogen and oxygen atoms in total. The maximum Gasteiger partial charge on any atom is 0.417 e. The molecule has 0 aliphatic rings. The molecule has 0 aliphatic heterocycles. The first kappa shape index (κ1) is 13.5. The summed E-state index contributed by atoms with van der Waals surface area (Å²) in [7, 11) is 0. The SMILES string of the molecule is O=C(/C=C(/c1cccs1)C(F)(F)F)c1ccccc1. The fraction of sp³-hybridized carbons (Fsp3) is 0.0714. The molecule has 5 heteroatoms. The van der Waals surface area contributed by atoms with Crippen LogP contribution in [0, 0.1) is 0 Å². The number of halogens is 3. The van der Waals surface area contributed by atoms with Crippen molar-refractivity contribution in [1.29, 1.82) is 0 Å². The van der Waals surface area contributed by atoms with Crippen molar-refractivity contribution in [2.24, 2.45) is 0 Å². The van der Waals surface area contributed by atoms with E-state index in [4.69, 9.17) is 0 Å². The van der Waals surface area contributed by atoms with Crippen LogP contribution in [0.15, 0.2) is 53.9 Å². The summed E-state index contributed by atoms with van der Waals surface area (Å²) < 4.78 is 38.8. The molecule has 1 heterocycles. The molecule has 0 N–H and O–H groups in total. The smallest absolute Gasteiger partial charge is 0.289 e. The number of carbonyl (C=O) groups is 1. The topological polar surface area (TPSA) is 17.1 Å². The quantitative estimate of drug-likeness (QED) is 0.595. The van der Waals surface area contributed by atoms with Gasteiger partial charge < -0.3 is 0 Å². The molecule has 98 valence electrons. The van der Waals surface area contributed by atoms with Crippen molar-refractivity contribution in [3.63, 3.8) is 0 Å². The zero-order valence-electron chi connectivity index (χ0n) is 9.65. The predicted octanol–water partition coefficient (Wildman–Crippen LogP) is 4.58. The van der Waals surface area contributed by atoms with Crippen LogP contribution >= 0.6 is 11.3 Å². The molecule has 1 aromatic heterocycles. The molecule has 0 fully saturated rings. The zero-order chi connectivity index (χ0) is 13.9. The lowest BCUT2D eigenvalue weighted by atomic mass is 10.1. The monoisotopic (exact) mass is 282 g/mol. The van der Waals surface area contributed by atoms with E-state index in [1.165, 1.54) is 24.3 Å². The van der Waals surface area contributed by atoms with Crippen LogP contribution < -0.4 is 0 Å². The number of hydrogen-bond donors (Lipinski definition) is 0. The normalized spacial score (nSPS) is 12.5. The van der Waals surface area contributed by atoms with Gasteiger partial charge in [-0.1, -0.05) is 36.4 Å². The minimum absolute atomic E-state index is 0.0387. The van der Waals surface area contributed by atoms with Crippen molar-refractivity contribution in [3.05, 3.63) is 64.4 Å². The number of alkyl halides is 3. The minimum atomic E-state index is -4.55. The fourth-order valence-electron chi connectivity index (χ4n) is 1.54.